The molecule has 0 aliphatic rings. The van der Waals surface area contributed by atoms with Gasteiger partial charge in [0.15, 0.2) is 6.29 Å². The molecule has 86 valence electrons. The Kier molecular flexibility index (Phi) is 3.10. The van der Waals surface area contributed by atoms with Crippen LogP contribution in [0.2, 0.25) is 0 Å². The third-order valence-electron chi connectivity index (χ3n) is 3.38. The van der Waals surface area contributed by atoms with Crippen molar-refractivity contribution < 1.29 is 4.79 Å². The van der Waals surface area contributed by atoms with E-state index in [0.29, 0.717) is 0 Å². The highest BCUT2D eigenvalue weighted by Gasteiger charge is 2.11. The van der Waals surface area contributed by atoms with Crippen LogP contribution in [0.5, 0.6) is 0 Å². The summed E-state index contributed by atoms with van der Waals surface area (Å²) >= 11 is 0. The molecule has 0 spiro atoms. The summed E-state index contributed by atoms with van der Waals surface area (Å²) in [6.45, 7) is 6.23. The fraction of sp³-hybridized carbons (Fsp3) is 0.188. The lowest BCUT2D eigenvalue weighted by Gasteiger charge is -2.14. The molecule has 0 unspecified atom stereocenters. The Hall–Kier alpha value is -1.89. The van der Waals surface area contributed by atoms with Gasteiger partial charge in [-0.2, -0.15) is 0 Å². The van der Waals surface area contributed by atoms with Gasteiger partial charge in [0.05, 0.1) is 0 Å². The second-order valence-corrected chi connectivity index (χ2v) is 4.39. The molecule has 0 bridgehead atoms. The minimum Gasteiger partial charge on any atom is -0.298 e. The Morgan fingerprint density at radius 2 is 1.59 bits per heavy atom. The van der Waals surface area contributed by atoms with E-state index in [1.54, 1.807) is 0 Å². The molecule has 1 nitrogen and oxygen atoms in total. The summed E-state index contributed by atoms with van der Waals surface area (Å²) in [5.74, 6) is 0. The molecule has 0 fully saturated rings. The van der Waals surface area contributed by atoms with Crippen molar-refractivity contribution >= 4 is 6.29 Å². The summed E-state index contributed by atoms with van der Waals surface area (Å²) in [5, 5.41) is 0. The van der Waals surface area contributed by atoms with E-state index in [-0.39, 0.29) is 0 Å². The van der Waals surface area contributed by atoms with Crippen LogP contribution in [0.15, 0.2) is 36.4 Å². The maximum Gasteiger partial charge on any atom is 0.150 e. The zero-order valence-corrected chi connectivity index (χ0v) is 10.4. The highest BCUT2D eigenvalue weighted by Crippen LogP contribution is 2.30. The smallest absolute Gasteiger partial charge is 0.150 e. The molecule has 0 saturated carbocycles. The van der Waals surface area contributed by atoms with Gasteiger partial charge in [0.25, 0.3) is 0 Å². The monoisotopic (exact) mass is 224 g/mol. The molecule has 17 heavy (non-hydrogen) atoms. The predicted octanol–water partition coefficient (Wildman–Crippen LogP) is 4.09. The van der Waals surface area contributed by atoms with Crippen LogP contribution in [0.3, 0.4) is 0 Å². The fourth-order valence-electron chi connectivity index (χ4n) is 2.19. The lowest BCUT2D eigenvalue weighted by atomic mass is 9.90. The van der Waals surface area contributed by atoms with E-state index in [4.69, 9.17) is 0 Å². The van der Waals surface area contributed by atoms with E-state index in [2.05, 4.69) is 13.8 Å². The maximum absolute atomic E-state index is 11.2. The molecule has 0 aromatic heterocycles. The number of hydrogen-bond donors (Lipinski definition) is 0. The first-order valence-corrected chi connectivity index (χ1v) is 5.76. The van der Waals surface area contributed by atoms with Gasteiger partial charge in [0.2, 0.25) is 0 Å². The minimum absolute atomic E-state index is 0.775. The van der Waals surface area contributed by atoms with Crippen LogP contribution in [-0.2, 0) is 0 Å². The van der Waals surface area contributed by atoms with Crippen molar-refractivity contribution in [3.63, 3.8) is 0 Å². The van der Waals surface area contributed by atoms with Gasteiger partial charge in [-0.3, -0.25) is 4.79 Å². The Balaban J connectivity index is 2.77. The summed E-state index contributed by atoms with van der Waals surface area (Å²) in [7, 11) is 0. The molecule has 0 saturated heterocycles. The second-order valence-electron chi connectivity index (χ2n) is 4.39. The molecule has 1 heteroatoms. The van der Waals surface area contributed by atoms with Crippen molar-refractivity contribution in [2.75, 3.05) is 0 Å². The van der Waals surface area contributed by atoms with E-state index in [1.165, 1.54) is 16.7 Å². The van der Waals surface area contributed by atoms with Crippen LogP contribution in [0.25, 0.3) is 11.1 Å². The number of carbonyl (C=O) groups is 1. The van der Waals surface area contributed by atoms with Crippen molar-refractivity contribution in [1.29, 1.82) is 0 Å². The van der Waals surface area contributed by atoms with Crippen LogP contribution in [0.1, 0.15) is 27.0 Å². The van der Waals surface area contributed by atoms with Gasteiger partial charge < -0.3 is 0 Å². The molecule has 0 aliphatic carbocycles. The van der Waals surface area contributed by atoms with Crippen LogP contribution in [-0.4, -0.2) is 6.29 Å². The van der Waals surface area contributed by atoms with Crippen molar-refractivity contribution in [2.24, 2.45) is 0 Å². The fourth-order valence-corrected chi connectivity index (χ4v) is 2.19. The average Bonchev–Trinajstić information content (AvgIpc) is 2.36. The van der Waals surface area contributed by atoms with Gasteiger partial charge in [-0.1, -0.05) is 30.3 Å². The molecule has 0 atom stereocenters. The zero-order valence-electron chi connectivity index (χ0n) is 10.4. The molecular weight excluding hydrogens is 208 g/mol. The quantitative estimate of drug-likeness (QED) is 0.702. The summed E-state index contributed by atoms with van der Waals surface area (Å²) in [5.41, 5.74) is 6.56. The third kappa shape index (κ3) is 2.01. The van der Waals surface area contributed by atoms with E-state index < -0.39 is 0 Å². The van der Waals surface area contributed by atoms with Crippen molar-refractivity contribution in [3.05, 3.63) is 58.7 Å². The summed E-state index contributed by atoms with van der Waals surface area (Å²) in [4.78, 5) is 11.2. The Morgan fingerprint density at radius 1 is 0.941 bits per heavy atom. The first kappa shape index (κ1) is 11.6. The lowest BCUT2D eigenvalue weighted by Crippen LogP contribution is -1.97. The first-order valence-electron chi connectivity index (χ1n) is 5.76. The maximum atomic E-state index is 11.2. The number of carbonyl (C=O) groups excluding carboxylic acids is 1. The molecule has 0 heterocycles. The second kappa shape index (κ2) is 4.54. The van der Waals surface area contributed by atoms with Gasteiger partial charge in [0, 0.05) is 5.56 Å². The highest BCUT2D eigenvalue weighted by molar-refractivity contribution is 5.90. The summed E-state index contributed by atoms with van der Waals surface area (Å²) in [6.07, 6.45) is 0.946. The molecule has 0 radical (unpaired) electrons. The SMILES string of the molecule is Cc1cc(C=O)c(-c2ccccc2)c(C)c1C. The molecule has 2 rings (SSSR count). The van der Waals surface area contributed by atoms with Crippen LogP contribution < -0.4 is 0 Å². The standard InChI is InChI=1S/C16H16O/c1-11-9-15(10-17)16(13(3)12(11)2)14-7-5-4-6-8-14/h4-10H,1-3H3. The lowest BCUT2D eigenvalue weighted by molar-refractivity contribution is 0.112. The number of benzene rings is 2. The number of aryl methyl sites for hydroxylation is 1. The third-order valence-corrected chi connectivity index (χ3v) is 3.38. The summed E-state index contributed by atoms with van der Waals surface area (Å²) in [6, 6.07) is 12.0. The normalized spacial score (nSPS) is 10.3. The number of aldehydes is 1. The minimum atomic E-state index is 0.775. The topological polar surface area (TPSA) is 17.1 Å². The van der Waals surface area contributed by atoms with Gasteiger partial charge in [-0.15, -0.1) is 0 Å². The molecule has 0 aliphatic heterocycles. The van der Waals surface area contributed by atoms with Gasteiger partial charge in [-0.25, -0.2) is 0 Å². The molecular formula is C16H16O. The van der Waals surface area contributed by atoms with Crippen LogP contribution >= 0.6 is 0 Å². The number of hydrogen-bond acceptors (Lipinski definition) is 1. The van der Waals surface area contributed by atoms with Crippen LogP contribution in [0.4, 0.5) is 0 Å². The molecule has 0 N–H and O–H groups in total. The summed E-state index contributed by atoms with van der Waals surface area (Å²) < 4.78 is 0. The molecule has 2 aromatic carbocycles. The Labute approximate surface area is 102 Å². The average molecular weight is 224 g/mol. The van der Waals surface area contributed by atoms with Crippen molar-refractivity contribution in [2.45, 2.75) is 20.8 Å². The number of rotatable bonds is 2. The van der Waals surface area contributed by atoms with Crippen LogP contribution in [0, 0.1) is 20.8 Å². The first-order chi connectivity index (χ1) is 8.15. The van der Waals surface area contributed by atoms with Gasteiger partial charge in [-0.05, 0) is 54.7 Å². The van der Waals surface area contributed by atoms with E-state index in [9.17, 15) is 4.79 Å². The zero-order chi connectivity index (χ0) is 12.4. The van der Waals surface area contributed by atoms with E-state index >= 15 is 0 Å². The van der Waals surface area contributed by atoms with Crippen molar-refractivity contribution in [1.82, 2.24) is 0 Å². The Morgan fingerprint density at radius 3 is 2.18 bits per heavy atom. The predicted molar refractivity (Wildman–Crippen MR) is 71.5 cm³/mol. The van der Waals surface area contributed by atoms with E-state index in [0.717, 1.165) is 23.0 Å². The highest BCUT2D eigenvalue weighted by atomic mass is 16.1. The van der Waals surface area contributed by atoms with Crippen molar-refractivity contribution in [3.8, 4) is 11.1 Å². The van der Waals surface area contributed by atoms with Gasteiger partial charge >= 0.3 is 0 Å². The largest absolute Gasteiger partial charge is 0.298 e. The Bertz CT molecular complexity index is 553. The molecule has 2 aromatic rings. The molecule has 0 amide bonds. The van der Waals surface area contributed by atoms with E-state index in [1.807, 2.05) is 43.3 Å². The van der Waals surface area contributed by atoms with Gasteiger partial charge in [0.1, 0.15) is 0 Å².